The largest absolute Gasteiger partial charge is 0.483 e. The van der Waals surface area contributed by atoms with Gasteiger partial charge in [-0.15, -0.1) is 0 Å². The molecule has 0 atom stereocenters. The normalized spacial score (nSPS) is 10.7. The van der Waals surface area contributed by atoms with Crippen LogP contribution >= 0.6 is 34.8 Å². The third kappa shape index (κ3) is 4.77. The molecule has 0 saturated carbocycles. The van der Waals surface area contributed by atoms with Crippen LogP contribution in [0.5, 0.6) is 5.75 Å². The van der Waals surface area contributed by atoms with E-state index < -0.39 is 0 Å². The molecule has 0 heterocycles. The number of hydrogen-bond donors (Lipinski definition) is 1. The highest BCUT2D eigenvalue weighted by Gasteiger charge is 2.12. The van der Waals surface area contributed by atoms with E-state index in [1.54, 1.807) is 0 Å². The van der Waals surface area contributed by atoms with Crippen LogP contribution in [0.2, 0.25) is 15.1 Å². The molecule has 0 spiro atoms. The van der Waals surface area contributed by atoms with Crippen LogP contribution in [0.1, 0.15) is 25.3 Å². The molecule has 2 aromatic carbocycles. The van der Waals surface area contributed by atoms with Gasteiger partial charge in [-0.2, -0.15) is 0 Å². The number of benzene rings is 2. The maximum absolute atomic E-state index is 12.0. The number of nitrogens with one attached hydrogen (secondary N) is 1. The summed E-state index contributed by atoms with van der Waals surface area (Å²) in [6.07, 6.45) is 0. The first-order chi connectivity index (χ1) is 10.9. The van der Waals surface area contributed by atoms with Gasteiger partial charge in [-0.05, 0) is 29.7 Å². The molecule has 0 bridgehead atoms. The van der Waals surface area contributed by atoms with E-state index in [1.165, 1.54) is 12.1 Å². The van der Waals surface area contributed by atoms with Gasteiger partial charge in [0.25, 0.3) is 5.91 Å². The van der Waals surface area contributed by atoms with E-state index in [-0.39, 0.29) is 12.5 Å². The second kappa shape index (κ2) is 7.91. The molecule has 0 aromatic heterocycles. The smallest absolute Gasteiger partial charge is 0.262 e. The molecule has 6 heteroatoms. The number of ether oxygens (including phenoxy) is 1. The van der Waals surface area contributed by atoms with Crippen LogP contribution in [0, 0.1) is 0 Å². The van der Waals surface area contributed by atoms with Gasteiger partial charge in [0.05, 0.1) is 20.8 Å². The van der Waals surface area contributed by atoms with Crippen molar-refractivity contribution < 1.29 is 9.53 Å². The van der Waals surface area contributed by atoms with Crippen LogP contribution < -0.4 is 10.1 Å². The quantitative estimate of drug-likeness (QED) is 0.675. The molecule has 0 fully saturated rings. The van der Waals surface area contributed by atoms with Gasteiger partial charge in [0, 0.05) is 0 Å². The van der Waals surface area contributed by atoms with Gasteiger partial charge in [0.1, 0.15) is 5.75 Å². The van der Waals surface area contributed by atoms with Crippen LogP contribution in [0.3, 0.4) is 0 Å². The lowest BCUT2D eigenvalue weighted by molar-refractivity contribution is -0.118. The number of para-hydroxylation sites is 1. The standard InChI is InChI=1S/C17H16Cl3NO2/c1-10(2)11-5-3-4-6-16(11)23-9-17(22)21-15-8-13(19)12(18)7-14(15)20/h3-8,10H,9H2,1-2H3,(H,21,22). The van der Waals surface area contributed by atoms with Crippen molar-refractivity contribution in [2.45, 2.75) is 19.8 Å². The van der Waals surface area contributed by atoms with Crippen LogP contribution in [-0.4, -0.2) is 12.5 Å². The molecule has 1 amide bonds. The minimum absolute atomic E-state index is 0.125. The first kappa shape index (κ1) is 17.9. The second-order valence-corrected chi connectivity index (χ2v) is 6.50. The molecule has 1 N–H and O–H groups in total. The summed E-state index contributed by atoms with van der Waals surface area (Å²) in [7, 11) is 0. The molecular weight excluding hydrogens is 357 g/mol. The zero-order chi connectivity index (χ0) is 17.0. The van der Waals surface area contributed by atoms with Gasteiger partial charge in [-0.3, -0.25) is 4.79 Å². The molecule has 2 aromatic rings. The number of carbonyl (C=O) groups excluding carboxylic acids is 1. The van der Waals surface area contributed by atoms with Crippen LogP contribution in [0.4, 0.5) is 5.69 Å². The molecular formula is C17H16Cl3NO2. The Morgan fingerprint density at radius 3 is 2.43 bits per heavy atom. The fourth-order valence-electron chi connectivity index (χ4n) is 2.04. The minimum Gasteiger partial charge on any atom is -0.483 e. The van der Waals surface area contributed by atoms with Crippen molar-refractivity contribution >= 4 is 46.4 Å². The van der Waals surface area contributed by atoms with E-state index in [9.17, 15) is 4.79 Å². The van der Waals surface area contributed by atoms with Crippen molar-refractivity contribution in [2.24, 2.45) is 0 Å². The average Bonchev–Trinajstić information content (AvgIpc) is 2.50. The Hall–Kier alpha value is -1.42. The van der Waals surface area contributed by atoms with Crippen molar-refractivity contribution in [3.63, 3.8) is 0 Å². The monoisotopic (exact) mass is 371 g/mol. The van der Waals surface area contributed by atoms with E-state index in [2.05, 4.69) is 19.2 Å². The van der Waals surface area contributed by atoms with Gasteiger partial charge in [-0.25, -0.2) is 0 Å². The number of halogens is 3. The number of amides is 1. The Bertz CT molecular complexity index is 717. The Kier molecular flexibility index (Phi) is 6.17. The van der Waals surface area contributed by atoms with E-state index in [1.807, 2.05) is 24.3 Å². The molecule has 3 nitrogen and oxygen atoms in total. The third-order valence-electron chi connectivity index (χ3n) is 3.18. The summed E-state index contributed by atoms with van der Waals surface area (Å²) >= 11 is 17.8. The Labute approximate surface area is 150 Å². The van der Waals surface area contributed by atoms with Crippen molar-refractivity contribution in [1.82, 2.24) is 0 Å². The maximum Gasteiger partial charge on any atom is 0.262 e. The lowest BCUT2D eigenvalue weighted by Crippen LogP contribution is -2.20. The summed E-state index contributed by atoms with van der Waals surface area (Å²) in [6.45, 7) is 4.01. The van der Waals surface area contributed by atoms with Crippen molar-refractivity contribution in [1.29, 1.82) is 0 Å². The van der Waals surface area contributed by atoms with E-state index in [0.717, 1.165) is 5.56 Å². The molecule has 0 aliphatic carbocycles. The lowest BCUT2D eigenvalue weighted by atomic mass is 10.0. The maximum atomic E-state index is 12.0. The molecule has 2 rings (SSSR count). The van der Waals surface area contributed by atoms with Gasteiger partial charge < -0.3 is 10.1 Å². The SMILES string of the molecule is CC(C)c1ccccc1OCC(=O)Nc1cc(Cl)c(Cl)cc1Cl. The van der Waals surface area contributed by atoms with E-state index in [4.69, 9.17) is 39.5 Å². The van der Waals surface area contributed by atoms with Crippen LogP contribution in [0.25, 0.3) is 0 Å². The molecule has 0 saturated heterocycles. The first-order valence-corrected chi connectivity index (χ1v) is 8.18. The van der Waals surface area contributed by atoms with Crippen LogP contribution in [0.15, 0.2) is 36.4 Å². The Balaban J connectivity index is 2.03. The topological polar surface area (TPSA) is 38.3 Å². The lowest BCUT2D eigenvalue weighted by Gasteiger charge is -2.14. The summed E-state index contributed by atoms with van der Waals surface area (Å²) in [5, 5.41) is 3.62. The molecule has 0 aliphatic rings. The molecule has 0 unspecified atom stereocenters. The highest BCUT2D eigenvalue weighted by atomic mass is 35.5. The predicted octanol–water partition coefficient (Wildman–Crippen LogP) is 5.79. The summed E-state index contributed by atoms with van der Waals surface area (Å²) in [6, 6.07) is 10.6. The van der Waals surface area contributed by atoms with Crippen molar-refractivity contribution in [3.05, 3.63) is 57.0 Å². The summed E-state index contributed by atoms with van der Waals surface area (Å²) in [5.41, 5.74) is 1.44. The van der Waals surface area contributed by atoms with Crippen LogP contribution in [-0.2, 0) is 4.79 Å². The zero-order valence-electron chi connectivity index (χ0n) is 12.7. The van der Waals surface area contributed by atoms with Gasteiger partial charge in [0.15, 0.2) is 6.61 Å². The second-order valence-electron chi connectivity index (χ2n) is 5.28. The van der Waals surface area contributed by atoms with Gasteiger partial charge >= 0.3 is 0 Å². The summed E-state index contributed by atoms with van der Waals surface area (Å²) < 4.78 is 5.61. The predicted molar refractivity (Wildman–Crippen MR) is 96.1 cm³/mol. The van der Waals surface area contributed by atoms with Crippen molar-refractivity contribution in [2.75, 3.05) is 11.9 Å². The number of carbonyl (C=O) groups is 1. The fraction of sp³-hybridized carbons (Fsp3) is 0.235. The Morgan fingerprint density at radius 1 is 1.09 bits per heavy atom. The highest BCUT2D eigenvalue weighted by Crippen LogP contribution is 2.32. The van der Waals surface area contributed by atoms with Gasteiger partial charge in [0.2, 0.25) is 0 Å². The zero-order valence-corrected chi connectivity index (χ0v) is 15.0. The van der Waals surface area contributed by atoms with Crippen molar-refractivity contribution in [3.8, 4) is 5.75 Å². The number of anilines is 1. The first-order valence-electron chi connectivity index (χ1n) is 7.04. The summed E-state index contributed by atoms with van der Waals surface area (Å²) in [4.78, 5) is 12.0. The van der Waals surface area contributed by atoms with Gasteiger partial charge in [-0.1, -0.05) is 66.8 Å². The summed E-state index contributed by atoms with van der Waals surface area (Å²) in [5.74, 6) is 0.667. The Morgan fingerprint density at radius 2 is 1.74 bits per heavy atom. The van der Waals surface area contributed by atoms with E-state index in [0.29, 0.717) is 32.4 Å². The van der Waals surface area contributed by atoms with E-state index >= 15 is 0 Å². The minimum atomic E-state index is -0.330. The molecule has 23 heavy (non-hydrogen) atoms. The average molecular weight is 373 g/mol. The number of hydrogen-bond acceptors (Lipinski definition) is 2. The highest BCUT2D eigenvalue weighted by molar-refractivity contribution is 6.44. The molecule has 0 radical (unpaired) electrons. The molecule has 122 valence electrons. The molecule has 0 aliphatic heterocycles. The number of rotatable bonds is 5. The fourth-order valence-corrected chi connectivity index (χ4v) is 2.63. The third-order valence-corrected chi connectivity index (χ3v) is 4.22.